The predicted octanol–water partition coefficient (Wildman–Crippen LogP) is 6.36. The minimum absolute atomic E-state index is 0.00458. The number of benzene rings is 1. The molecule has 0 bridgehead atoms. The van der Waals surface area contributed by atoms with Crippen LogP contribution in [0, 0.1) is 25.2 Å². The van der Waals surface area contributed by atoms with E-state index >= 15 is 0 Å². The maximum absolute atomic E-state index is 12.7. The van der Waals surface area contributed by atoms with Crippen LogP contribution >= 0.6 is 11.3 Å². The molecule has 1 unspecified atom stereocenters. The fraction of sp³-hybridized carbons (Fsp3) is 0.538. The highest BCUT2D eigenvalue weighted by atomic mass is 32.1. The first-order valence-corrected chi connectivity index (χ1v) is 11.7. The molecule has 0 aliphatic heterocycles. The molecule has 164 valence electrons. The quantitative estimate of drug-likeness (QED) is 0.532. The van der Waals surface area contributed by atoms with Crippen molar-refractivity contribution in [1.29, 1.82) is 0 Å². The molecule has 1 amide bonds. The van der Waals surface area contributed by atoms with E-state index in [1.54, 1.807) is 0 Å². The van der Waals surface area contributed by atoms with E-state index in [1.807, 2.05) is 52.0 Å². The number of amides is 1. The molecule has 30 heavy (non-hydrogen) atoms. The zero-order valence-corrected chi connectivity index (χ0v) is 20.6. The highest BCUT2D eigenvalue weighted by molar-refractivity contribution is 7.12. The van der Waals surface area contributed by atoms with Crippen molar-refractivity contribution in [3.63, 3.8) is 0 Å². The number of aryl methyl sites for hydroxylation is 2. The third-order valence-corrected chi connectivity index (χ3v) is 7.89. The summed E-state index contributed by atoms with van der Waals surface area (Å²) in [6, 6.07) is 8.34. The molecule has 0 aliphatic carbocycles. The van der Waals surface area contributed by atoms with E-state index in [2.05, 4.69) is 39.0 Å². The summed E-state index contributed by atoms with van der Waals surface area (Å²) in [4.78, 5) is 27.0. The lowest BCUT2D eigenvalue weighted by molar-refractivity contribution is -0.129. The monoisotopic (exact) mass is 427 g/mol. The number of Topliss-reactive ketones (excluding diaryl/α,β-unsaturated/α-hetero) is 1. The maximum Gasteiger partial charge on any atom is 0.248 e. The molecule has 2 N–H and O–H groups in total. The molecule has 2 rings (SSSR count). The van der Waals surface area contributed by atoms with Gasteiger partial charge in [-0.2, -0.15) is 0 Å². The molecular formula is C26H37NO2S. The second-order valence-corrected chi connectivity index (χ2v) is 10.8. The van der Waals surface area contributed by atoms with Crippen LogP contribution in [-0.4, -0.2) is 11.7 Å². The van der Waals surface area contributed by atoms with Gasteiger partial charge in [-0.15, -0.1) is 11.3 Å². The SMILES string of the molecule is CCC(CC)(c1ccc(C(N)=O)c(C)c1)c1cc(C)c(CC(C)C(=O)C(C)(C)C)s1. The number of hydrogen-bond acceptors (Lipinski definition) is 3. The van der Waals surface area contributed by atoms with Crippen LogP contribution in [0.5, 0.6) is 0 Å². The summed E-state index contributed by atoms with van der Waals surface area (Å²) in [6.45, 7) is 16.6. The standard InChI is InChI=1S/C26H37NO2S/c1-9-26(10-2,19-11-12-20(24(27)29)16(3)13-19)22-15-17(4)21(30-22)14-18(5)23(28)25(6,7)8/h11-13,15,18H,9-10,14H2,1-8H3,(H2,27,29). The van der Waals surface area contributed by atoms with Gasteiger partial charge in [-0.05, 0) is 61.9 Å². The van der Waals surface area contributed by atoms with Gasteiger partial charge in [-0.3, -0.25) is 9.59 Å². The summed E-state index contributed by atoms with van der Waals surface area (Å²) in [7, 11) is 0. The van der Waals surface area contributed by atoms with Crippen LogP contribution in [0.4, 0.5) is 0 Å². The van der Waals surface area contributed by atoms with Crippen LogP contribution in [0.2, 0.25) is 0 Å². The van der Waals surface area contributed by atoms with Crippen LogP contribution in [0.1, 0.15) is 91.2 Å². The van der Waals surface area contributed by atoms with E-state index in [0.29, 0.717) is 11.3 Å². The predicted molar refractivity (Wildman–Crippen MR) is 127 cm³/mol. The number of carbonyl (C=O) groups excluding carboxylic acids is 2. The van der Waals surface area contributed by atoms with Crippen molar-refractivity contribution in [1.82, 2.24) is 0 Å². The van der Waals surface area contributed by atoms with Crippen molar-refractivity contribution in [3.8, 4) is 0 Å². The summed E-state index contributed by atoms with van der Waals surface area (Å²) in [5.74, 6) is -0.0684. The molecule has 0 saturated carbocycles. The Morgan fingerprint density at radius 2 is 1.63 bits per heavy atom. The molecule has 0 spiro atoms. The molecular weight excluding hydrogens is 390 g/mol. The normalized spacial score (nSPS) is 13.3. The number of carbonyl (C=O) groups is 2. The van der Waals surface area contributed by atoms with Gasteiger partial charge in [0.15, 0.2) is 0 Å². The lowest BCUT2D eigenvalue weighted by atomic mass is 9.73. The summed E-state index contributed by atoms with van der Waals surface area (Å²) in [6.07, 6.45) is 2.72. The Hall–Kier alpha value is -1.94. The topological polar surface area (TPSA) is 60.2 Å². The number of ketones is 1. The Balaban J connectivity index is 2.47. The lowest BCUT2D eigenvalue weighted by Crippen LogP contribution is -2.27. The molecule has 3 nitrogen and oxygen atoms in total. The second kappa shape index (κ2) is 9.05. The van der Waals surface area contributed by atoms with Crippen molar-refractivity contribution in [2.75, 3.05) is 0 Å². The number of rotatable bonds is 8. The molecule has 1 aromatic heterocycles. The average Bonchev–Trinajstić information content (AvgIpc) is 3.02. The number of nitrogens with two attached hydrogens (primary N) is 1. The van der Waals surface area contributed by atoms with Gasteiger partial charge in [-0.25, -0.2) is 0 Å². The smallest absolute Gasteiger partial charge is 0.248 e. The average molecular weight is 428 g/mol. The summed E-state index contributed by atoms with van der Waals surface area (Å²) in [5.41, 5.74) is 9.08. The van der Waals surface area contributed by atoms with E-state index < -0.39 is 0 Å². The van der Waals surface area contributed by atoms with E-state index in [9.17, 15) is 9.59 Å². The molecule has 1 heterocycles. The minimum Gasteiger partial charge on any atom is -0.366 e. The minimum atomic E-state index is -0.385. The van der Waals surface area contributed by atoms with Crippen molar-refractivity contribution < 1.29 is 9.59 Å². The van der Waals surface area contributed by atoms with Gasteiger partial charge < -0.3 is 5.73 Å². The Morgan fingerprint density at radius 1 is 1.03 bits per heavy atom. The third-order valence-electron chi connectivity index (χ3n) is 6.42. The zero-order chi connectivity index (χ0) is 22.9. The zero-order valence-electron chi connectivity index (χ0n) is 19.8. The number of hydrogen-bond donors (Lipinski definition) is 1. The summed E-state index contributed by atoms with van der Waals surface area (Å²) in [5, 5.41) is 0. The fourth-order valence-electron chi connectivity index (χ4n) is 4.46. The first-order valence-electron chi connectivity index (χ1n) is 10.9. The van der Waals surface area contributed by atoms with Crippen LogP contribution in [0.25, 0.3) is 0 Å². The van der Waals surface area contributed by atoms with Gasteiger partial charge in [0.05, 0.1) is 0 Å². The van der Waals surface area contributed by atoms with E-state index in [0.717, 1.165) is 24.8 Å². The van der Waals surface area contributed by atoms with Gasteiger partial charge in [0.2, 0.25) is 5.91 Å². The largest absolute Gasteiger partial charge is 0.366 e. The maximum atomic E-state index is 12.7. The van der Waals surface area contributed by atoms with Crippen LogP contribution in [0.15, 0.2) is 24.3 Å². The molecule has 0 saturated heterocycles. The van der Waals surface area contributed by atoms with Crippen molar-refractivity contribution in [2.45, 2.75) is 80.1 Å². The van der Waals surface area contributed by atoms with Gasteiger partial charge in [-0.1, -0.05) is 53.7 Å². The van der Waals surface area contributed by atoms with Crippen molar-refractivity contribution >= 4 is 23.0 Å². The molecule has 0 radical (unpaired) electrons. The molecule has 4 heteroatoms. The highest BCUT2D eigenvalue weighted by Gasteiger charge is 2.34. The van der Waals surface area contributed by atoms with E-state index in [1.165, 1.54) is 20.9 Å². The molecule has 0 aliphatic rings. The highest BCUT2D eigenvalue weighted by Crippen LogP contribution is 2.44. The lowest BCUT2D eigenvalue weighted by Gasteiger charge is -2.32. The van der Waals surface area contributed by atoms with E-state index in [4.69, 9.17) is 5.73 Å². The second-order valence-electron chi connectivity index (χ2n) is 9.62. The van der Waals surface area contributed by atoms with Crippen LogP contribution < -0.4 is 5.73 Å². The Morgan fingerprint density at radius 3 is 2.10 bits per heavy atom. The van der Waals surface area contributed by atoms with Gasteiger partial charge in [0, 0.05) is 32.1 Å². The van der Waals surface area contributed by atoms with Gasteiger partial charge >= 0.3 is 0 Å². The van der Waals surface area contributed by atoms with Crippen molar-refractivity contribution in [2.24, 2.45) is 17.1 Å². The number of primary amides is 1. The molecule has 0 fully saturated rings. The number of thiophene rings is 1. The summed E-state index contributed by atoms with van der Waals surface area (Å²) >= 11 is 1.84. The Bertz CT molecular complexity index is 929. The Kier molecular flexibility index (Phi) is 7.34. The van der Waals surface area contributed by atoms with E-state index in [-0.39, 0.29) is 22.7 Å². The fourth-order valence-corrected chi connectivity index (χ4v) is 6.11. The molecule has 1 aromatic carbocycles. The third kappa shape index (κ3) is 4.69. The first-order chi connectivity index (χ1) is 13.9. The molecule has 1 atom stereocenters. The first kappa shape index (κ1) is 24.3. The van der Waals surface area contributed by atoms with Crippen LogP contribution in [0.3, 0.4) is 0 Å². The summed E-state index contributed by atoms with van der Waals surface area (Å²) < 4.78 is 0. The Labute approximate surface area is 186 Å². The van der Waals surface area contributed by atoms with Crippen molar-refractivity contribution in [3.05, 3.63) is 56.3 Å². The molecule has 2 aromatic rings. The van der Waals surface area contributed by atoms with Crippen LogP contribution in [-0.2, 0) is 16.6 Å². The van der Waals surface area contributed by atoms with Gasteiger partial charge in [0.1, 0.15) is 5.78 Å². The van der Waals surface area contributed by atoms with Gasteiger partial charge in [0.25, 0.3) is 0 Å².